The Morgan fingerprint density at radius 3 is 2.64 bits per heavy atom. The van der Waals surface area contributed by atoms with Crippen LogP contribution in [0, 0.1) is 24.5 Å². The van der Waals surface area contributed by atoms with E-state index in [9.17, 15) is 18.4 Å². The number of amides is 2. The number of nitrogens with zero attached hydrogens (tertiary/aromatic N) is 1. The van der Waals surface area contributed by atoms with E-state index in [0.717, 1.165) is 11.1 Å². The average molecular weight is 344 g/mol. The molecule has 4 nitrogen and oxygen atoms in total. The van der Waals surface area contributed by atoms with Crippen LogP contribution in [-0.2, 0) is 16.1 Å². The number of hydrogen-bond donors (Lipinski definition) is 1. The van der Waals surface area contributed by atoms with E-state index in [-0.39, 0.29) is 18.0 Å². The van der Waals surface area contributed by atoms with Crippen LogP contribution in [0.1, 0.15) is 17.5 Å². The molecule has 2 aromatic rings. The standard InChI is InChI=1S/C19H18F2N2O2/c1-12-2-7-16(21)17(10-12)23-9-8-15(19(23)25)18(24)22-11-13-3-5-14(20)6-4-13/h2-7,10,15H,8-9,11H2,1H3,(H,22,24)/t15-/m1/s1. The minimum atomic E-state index is -0.833. The van der Waals surface area contributed by atoms with Crippen molar-refractivity contribution in [2.24, 2.45) is 5.92 Å². The fourth-order valence-electron chi connectivity index (χ4n) is 2.91. The van der Waals surface area contributed by atoms with Crippen molar-refractivity contribution in [1.29, 1.82) is 0 Å². The quantitative estimate of drug-likeness (QED) is 0.867. The highest BCUT2D eigenvalue weighted by Crippen LogP contribution is 2.28. The summed E-state index contributed by atoms with van der Waals surface area (Å²) in [7, 11) is 0. The number of hydrogen-bond acceptors (Lipinski definition) is 2. The summed E-state index contributed by atoms with van der Waals surface area (Å²) in [5.41, 5.74) is 1.79. The lowest BCUT2D eigenvalue weighted by Crippen LogP contribution is -2.36. The zero-order valence-corrected chi connectivity index (χ0v) is 13.8. The number of halogens is 2. The summed E-state index contributed by atoms with van der Waals surface area (Å²) in [5, 5.41) is 2.69. The molecule has 1 saturated heterocycles. The van der Waals surface area contributed by atoms with Crippen molar-refractivity contribution < 1.29 is 18.4 Å². The predicted molar refractivity (Wildman–Crippen MR) is 89.8 cm³/mol. The Kier molecular flexibility index (Phi) is 4.79. The van der Waals surface area contributed by atoms with Crippen molar-refractivity contribution in [1.82, 2.24) is 5.32 Å². The first-order valence-corrected chi connectivity index (χ1v) is 8.05. The molecule has 0 unspecified atom stereocenters. The lowest BCUT2D eigenvalue weighted by molar-refractivity contribution is -0.132. The Labute approximate surface area is 144 Å². The van der Waals surface area contributed by atoms with Crippen molar-refractivity contribution in [3.63, 3.8) is 0 Å². The van der Waals surface area contributed by atoms with E-state index in [1.165, 1.54) is 23.1 Å². The van der Waals surface area contributed by atoms with E-state index in [0.29, 0.717) is 13.0 Å². The maximum atomic E-state index is 14.0. The summed E-state index contributed by atoms with van der Waals surface area (Å²) in [6.45, 7) is 2.33. The van der Waals surface area contributed by atoms with E-state index in [4.69, 9.17) is 0 Å². The topological polar surface area (TPSA) is 49.4 Å². The molecule has 0 radical (unpaired) electrons. The van der Waals surface area contributed by atoms with Gasteiger partial charge < -0.3 is 10.2 Å². The predicted octanol–water partition coefficient (Wildman–Crippen LogP) is 2.94. The largest absolute Gasteiger partial charge is 0.351 e. The third kappa shape index (κ3) is 3.68. The van der Waals surface area contributed by atoms with E-state index in [1.54, 1.807) is 24.3 Å². The van der Waals surface area contributed by atoms with Gasteiger partial charge in [0.1, 0.15) is 17.6 Å². The van der Waals surface area contributed by atoms with Gasteiger partial charge in [0, 0.05) is 13.1 Å². The number of aryl methyl sites for hydroxylation is 1. The van der Waals surface area contributed by atoms with Crippen LogP contribution in [0.15, 0.2) is 42.5 Å². The molecule has 2 amide bonds. The van der Waals surface area contributed by atoms with Crippen LogP contribution in [0.3, 0.4) is 0 Å². The lowest BCUT2D eigenvalue weighted by Gasteiger charge is -2.18. The molecule has 1 N–H and O–H groups in total. The number of nitrogens with one attached hydrogen (secondary N) is 1. The van der Waals surface area contributed by atoms with Gasteiger partial charge in [0.25, 0.3) is 0 Å². The first kappa shape index (κ1) is 17.1. The average Bonchev–Trinajstić information content (AvgIpc) is 2.98. The third-order valence-electron chi connectivity index (χ3n) is 4.29. The van der Waals surface area contributed by atoms with Crippen LogP contribution in [0.25, 0.3) is 0 Å². The second kappa shape index (κ2) is 7.01. The molecule has 1 heterocycles. The Morgan fingerprint density at radius 2 is 1.92 bits per heavy atom. The maximum Gasteiger partial charge on any atom is 0.239 e. The summed E-state index contributed by atoms with van der Waals surface area (Å²) >= 11 is 0. The molecule has 0 bridgehead atoms. The second-order valence-electron chi connectivity index (χ2n) is 6.13. The molecule has 1 aliphatic heterocycles. The van der Waals surface area contributed by atoms with Gasteiger partial charge >= 0.3 is 0 Å². The minimum absolute atomic E-state index is 0.207. The highest BCUT2D eigenvalue weighted by molar-refractivity contribution is 6.09. The van der Waals surface area contributed by atoms with Crippen molar-refractivity contribution in [2.45, 2.75) is 19.9 Å². The summed E-state index contributed by atoms with van der Waals surface area (Å²) in [6, 6.07) is 10.3. The fraction of sp³-hybridized carbons (Fsp3) is 0.263. The van der Waals surface area contributed by atoms with Gasteiger partial charge in [0.2, 0.25) is 11.8 Å². The molecule has 6 heteroatoms. The number of rotatable bonds is 4. The zero-order valence-electron chi connectivity index (χ0n) is 13.8. The van der Waals surface area contributed by atoms with E-state index in [2.05, 4.69) is 5.32 Å². The summed E-state index contributed by atoms with van der Waals surface area (Å²) in [6.07, 6.45) is 0.335. The molecule has 25 heavy (non-hydrogen) atoms. The lowest BCUT2D eigenvalue weighted by atomic mass is 10.1. The minimum Gasteiger partial charge on any atom is -0.351 e. The SMILES string of the molecule is Cc1ccc(F)c(N2CC[C@H](C(=O)NCc3ccc(F)cc3)C2=O)c1. The zero-order chi connectivity index (χ0) is 18.0. The van der Waals surface area contributed by atoms with E-state index in [1.807, 2.05) is 6.92 Å². The van der Waals surface area contributed by atoms with Gasteiger partial charge in [-0.15, -0.1) is 0 Å². The molecule has 2 aromatic carbocycles. The monoisotopic (exact) mass is 344 g/mol. The smallest absolute Gasteiger partial charge is 0.239 e. The summed E-state index contributed by atoms with van der Waals surface area (Å²) in [5.74, 6) is -2.46. The maximum absolute atomic E-state index is 14.0. The van der Waals surface area contributed by atoms with Gasteiger partial charge in [-0.25, -0.2) is 8.78 Å². The van der Waals surface area contributed by atoms with Crippen LogP contribution >= 0.6 is 0 Å². The molecule has 3 rings (SSSR count). The number of anilines is 1. The van der Waals surface area contributed by atoms with Gasteiger partial charge in [-0.2, -0.15) is 0 Å². The van der Waals surface area contributed by atoms with Gasteiger partial charge in [0.15, 0.2) is 0 Å². The summed E-state index contributed by atoms with van der Waals surface area (Å²) < 4.78 is 26.9. The van der Waals surface area contributed by atoms with Crippen LogP contribution in [0.2, 0.25) is 0 Å². The summed E-state index contributed by atoms with van der Waals surface area (Å²) in [4.78, 5) is 26.1. The molecule has 0 aromatic heterocycles. The van der Waals surface area contributed by atoms with Crippen molar-refractivity contribution in [3.8, 4) is 0 Å². The molecule has 0 saturated carbocycles. The van der Waals surface area contributed by atoms with Crippen molar-refractivity contribution in [3.05, 3.63) is 65.2 Å². The number of carbonyl (C=O) groups is 2. The first-order chi connectivity index (χ1) is 12.0. The van der Waals surface area contributed by atoms with Crippen LogP contribution < -0.4 is 10.2 Å². The Bertz CT molecular complexity index is 806. The molecule has 0 spiro atoms. The molecule has 1 atom stereocenters. The second-order valence-corrected chi connectivity index (χ2v) is 6.13. The van der Waals surface area contributed by atoms with Gasteiger partial charge in [-0.3, -0.25) is 9.59 Å². The highest BCUT2D eigenvalue weighted by atomic mass is 19.1. The van der Waals surface area contributed by atoms with E-state index < -0.39 is 23.5 Å². The number of benzene rings is 2. The molecule has 1 aliphatic rings. The van der Waals surface area contributed by atoms with E-state index >= 15 is 0 Å². The van der Waals surface area contributed by atoms with Gasteiger partial charge in [-0.1, -0.05) is 18.2 Å². The molecule has 1 fully saturated rings. The van der Waals surface area contributed by atoms with Crippen LogP contribution in [-0.4, -0.2) is 18.4 Å². The van der Waals surface area contributed by atoms with Crippen LogP contribution in [0.5, 0.6) is 0 Å². The number of carbonyl (C=O) groups excluding carboxylic acids is 2. The molecular formula is C19H18F2N2O2. The van der Waals surface area contributed by atoms with Crippen LogP contribution in [0.4, 0.5) is 14.5 Å². The van der Waals surface area contributed by atoms with Crippen molar-refractivity contribution in [2.75, 3.05) is 11.4 Å². The highest BCUT2D eigenvalue weighted by Gasteiger charge is 2.38. The Hall–Kier alpha value is -2.76. The normalized spacial score (nSPS) is 17.0. The first-order valence-electron chi connectivity index (χ1n) is 8.05. The van der Waals surface area contributed by atoms with Crippen molar-refractivity contribution >= 4 is 17.5 Å². The third-order valence-corrected chi connectivity index (χ3v) is 4.29. The Balaban J connectivity index is 1.65. The Morgan fingerprint density at radius 1 is 1.20 bits per heavy atom. The fourth-order valence-corrected chi connectivity index (χ4v) is 2.91. The van der Waals surface area contributed by atoms with Gasteiger partial charge in [-0.05, 0) is 48.7 Å². The molecular weight excluding hydrogens is 326 g/mol. The molecule has 0 aliphatic carbocycles. The molecule has 130 valence electrons. The van der Waals surface area contributed by atoms with Gasteiger partial charge in [0.05, 0.1) is 5.69 Å².